The Hall–Kier alpha value is -2.47. The molecule has 2 aromatic rings. The van der Waals surface area contributed by atoms with E-state index in [-0.39, 0.29) is 37.4 Å². The molecule has 0 spiro atoms. The van der Waals surface area contributed by atoms with E-state index in [9.17, 15) is 31.1 Å². The summed E-state index contributed by atoms with van der Waals surface area (Å²) in [6.45, 7) is -0.394. The largest absolute Gasteiger partial charge is 0.451 e. The van der Waals surface area contributed by atoms with Gasteiger partial charge in [-0.05, 0) is 6.07 Å². The molecule has 12 heteroatoms. The van der Waals surface area contributed by atoms with Crippen molar-refractivity contribution in [1.82, 2.24) is 19.7 Å². The van der Waals surface area contributed by atoms with Gasteiger partial charge in [0, 0.05) is 37.2 Å². The monoisotopic (exact) mass is 407 g/mol. The first-order chi connectivity index (χ1) is 13.1. The lowest BCUT2D eigenvalue weighted by atomic mass is 9.94. The summed E-state index contributed by atoms with van der Waals surface area (Å²) in [5.41, 5.74) is 5.67. The van der Waals surface area contributed by atoms with Crippen LogP contribution in [-0.2, 0) is 24.1 Å². The zero-order valence-corrected chi connectivity index (χ0v) is 14.3. The lowest BCUT2D eigenvalue weighted by molar-refractivity contribution is -0.148. The summed E-state index contributed by atoms with van der Waals surface area (Å²) in [5.74, 6) is -4.97. The average molecular weight is 407 g/mol. The van der Waals surface area contributed by atoms with Gasteiger partial charge < -0.3 is 15.1 Å². The van der Waals surface area contributed by atoms with Gasteiger partial charge in [-0.15, -0.1) is 10.2 Å². The van der Waals surface area contributed by atoms with Crippen LogP contribution in [0.5, 0.6) is 0 Å². The van der Waals surface area contributed by atoms with E-state index >= 15 is 0 Å². The maximum Gasteiger partial charge on any atom is 0.451 e. The fourth-order valence-electron chi connectivity index (χ4n) is 3.33. The second-order valence-electron chi connectivity index (χ2n) is 6.36. The number of halogens is 6. The van der Waals surface area contributed by atoms with Gasteiger partial charge in [0.25, 0.3) is 0 Å². The minimum atomic E-state index is -4.69. The van der Waals surface area contributed by atoms with Crippen LogP contribution in [0.4, 0.5) is 26.3 Å². The molecule has 6 nitrogen and oxygen atoms in total. The van der Waals surface area contributed by atoms with Crippen molar-refractivity contribution in [1.29, 1.82) is 0 Å². The van der Waals surface area contributed by atoms with Crippen LogP contribution < -0.4 is 5.73 Å². The smallest absolute Gasteiger partial charge is 0.326 e. The van der Waals surface area contributed by atoms with Crippen LogP contribution in [0.15, 0.2) is 12.1 Å². The predicted octanol–water partition coefficient (Wildman–Crippen LogP) is 2.19. The number of fused-ring (bicyclic) bond motifs is 1. The molecule has 1 aromatic carbocycles. The quantitative estimate of drug-likeness (QED) is 0.467. The van der Waals surface area contributed by atoms with Gasteiger partial charge in [-0.2, -0.15) is 13.2 Å². The summed E-state index contributed by atoms with van der Waals surface area (Å²) < 4.78 is 81.1. The normalized spacial score (nSPS) is 17.2. The number of hydrogen-bond donors (Lipinski definition) is 1. The standard InChI is InChI=1S/C16H15F6N5O/c17-9-6-11(19)10(18)5-8(9)14(12(23)1-4-28)26-2-3-27-13(7-26)24-25-15(27)16(20,21)22/h4-6,12,14H,1-3,7,23H2/t12-,14?/m1/s1. The second kappa shape index (κ2) is 7.51. The van der Waals surface area contributed by atoms with E-state index in [1.54, 1.807) is 0 Å². The van der Waals surface area contributed by atoms with Crippen LogP contribution >= 0.6 is 0 Å². The third-order valence-corrected chi connectivity index (χ3v) is 4.56. The molecule has 0 fully saturated rings. The SMILES string of the molecule is N[C@H](CC=O)C(c1cc(F)c(F)cc1F)N1CCn2c(nnc2C(F)(F)F)C1. The molecule has 0 saturated carbocycles. The van der Waals surface area contributed by atoms with Gasteiger partial charge >= 0.3 is 6.18 Å². The first kappa shape index (κ1) is 20.3. The van der Waals surface area contributed by atoms with Crippen LogP contribution in [0.25, 0.3) is 0 Å². The first-order valence-electron chi connectivity index (χ1n) is 8.20. The molecule has 0 saturated heterocycles. The topological polar surface area (TPSA) is 77.0 Å². The molecule has 2 atom stereocenters. The number of nitrogens with two attached hydrogens (primary N) is 1. The molecule has 1 aliphatic rings. The van der Waals surface area contributed by atoms with Gasteiger partial charge in [0.1, 0.15) is 17.9 Å². The number of carbonyl (C=O) groups excluding carboxylic acids is 1. The van der Waals surface area contributed by atoms with Crippen LogP contribution in [-0.4, -0.2) is 38.5 Å². The van der Waals surface area contributed by atoms with E-state index in [0.717, 1.165) is 4.57 Å². The van der Waals surface area contributed by atoms with Gasteiger partial charge in [0.15, 0.2) is 11.6 Å². The number of rotatable bonds is 5. The number of aldehydes is 1. The molecule has 152 valence electrons. The Morgan fingerprint density at radius 1 is 1.11 bits per heavy atom. The molecule has 28 heavy (non-hydrogen) atoms. The number of hydrogen-bond acceptors (Lipinski definition) is 5. The zero-order chi connectivity index (χ0) is 20.6. The first-order valence-corrected chi connectivity index (χ1v) is 8.20. The van der Waals surface area contributed by atoms with Gasteiger partial charge in [0.05, 0.1) is 12.6 Å². The lowest BCUT2D eigenvalue weighted by Crippen LogP contribution is -2.45. The van der Waals surface area contributed by atoms with Gasteiger partial charge in [-0.25, -0.2) is 13.2 Å². The number of alkyl halides is 3. The maximum absolute atomic E-state index is 14.3. The molecule has 0 radical (unpaired) electrons. The van der Waals surface area contributed by atoms with Crippen LogP contribution in [0.1, 0.15) is 29.7 Å². The van der Waals surface area contributed by atoms with E-state index in [4.69, 9.17) is 5.73 Å². The Kier molecular flexibility index (Phi) is 5.44. The molecule has 0 aliphatic carbocycles. The van der Waals surface area contributed by atoms with Crippen molar-refractivity contribution in [3.05, 3.63) is 46.8 Å². The Bertz CT molecular complexity index is 883. The van der Waals surface area contributed by atoms with E-state index < -0.39 is 41.5 Å². The average Bonchev–Trinajstić information content (AvgIpc) is 3.03. The van der Waals surface area contributed by atoms with Gasteiger partial charge in [0.2, 0.25) is 5.82 Å². The fraction of sp³-hybridized carbons (Fsp3) is 0.438. The van der Waals surface area contributed by atoms with Crippen molar-refractivity contribution < 1.29 is 31.1 Å². The molecule has 1 aliphatic heterocycles. The maximum atomic E-state index is 14.3. The number of aromatic nitrogens is 3. The molecular weight excluding hydrogens is 392 g/mol. The van der Waals surface area contributed by atoms with Crippen molar-refractivity contribution in [3.8, 4) is 0 Å². The third-order valence-electron chi connectivity index (χ3n) is 4.56. The van der Waals surface area contributed by atoms with Crippen molar-refractivity contribution >= 4 is 6.29 Å². The van der Waals surface area contributed by atoms with Gasteiger partial charge in [-0.3, -0.25) is 4.90 Å². The minimum absolute atomic E-state index is 0.0240. The summed E-state index contributed by atoms with van der Waals surface area (Å²) in [7, 11) is 0. The molecular formula is C16H15F6N5O. The van der Waals surface area contributed by atoms with E-state index in [2.05, 4.69) is 10.2 Å². The van der Waals surface area contributed by atoms with Crippen LogP contribution in [0.2, 0.25) is 0 Å². The molecule has 1 aromatic heterocycles. The molecule has 0 bridgehead atoms. The molecule has 2 N–H and O–H groups in total. The number of benzene rings is 1. The predicted molar refractivity (Wildman–Crippen MR) is 83.1 cm³/mol. The fourth-order valence-corrected chi connectivity index (χ4v) is 3.33. The Labute approximate surface area is 154 Å². The van der Waals surface area contributed by atoms with Crippen LogP contribution in [0, 0.1) is 17.5 Å². The number of carbonyl (C=O) groups is 1. The molecule has 3 rings (SSSR count). The second-order valence-corrected chi connectivity index (χ2v) is 6.36. The van der Waals surface area contributed by atoms with E-state index in [0.29, 0.717) is 18.4 Å². The molecule has 0 amide bonds. The Balaban J connectivity index is 1.98. The van der Waals surface area contributed by atoms with Crippen LogP contribution in [0.3, 0.4) is 0 Å². The summed E-state index contributed by atoms with van der Waals surface area (Å²) in [5, 5.41) is 6.67. The molecule has 1 unspecified atom stereocenters. The van der Waals surface area contributed by atoms with Gasteiger partial charge in [-0.1, -0.05) is 0 Å². The zero-order valence-electron chi connectivity index (χ0n) is 14.3. The minimum Gasteiger partial charge on any atom is -0.326 e. The highest BCUT2D eigenvalue weighted by Crippen LogP contribution is 2.34. The molecule has 2 heterocycles. The third kappa shape index (κ3) is 3.74. The Morgan fingerprint density at radius 3 is 2.43 bits per heavy atom. The van der Waals surface area contributed by atoms with Crippen molar-refractivity contribution in [2.45, 2.75) is 37.8 Å². The summed E-state index contributed by atoms with van der Waals surface area (Å²) in [6.07, 6.45) is -4.42. The van der Waals surface area contributed by atoms with E-state index in [1.165, 1.54) is 4.90 Å². The lowest BCUT2D eigenvalue weighted by Gasteiger charge is -2.38. The highest BCUT2D eigenvalue weighted by Gasteiger charge is 2.41. The van der Waals surface area contributed by atoms with Crippen molar-refractivity contribution in [3.63, 3.8) is 0 Å². The summed E-state index contributed by atoms with van der Waals surface area (Å²) in [4.78, 5) is 12.3. The van der Waals surface area contributed by atoms with Crippen molar-refractivity contribution in [2.75, 3.05) is 6.54 Å². The summed E-state index contributed by atoms with van der Waals surface area (Å²) >= 11 is 0. The van der Waals surface area contributed by atoms with Crippen molar-refractivity contribution in [2.24, 2.45) is 5.73 Å². The van der Waals surface area contributed by atoms with E-state index in [1.807, 2.05) is 0 Å². The highest BCUT2D eigenvalue weighted by molar-refractivity contribution is 5.51. The number of nitrogens with zero attached hydrogens (tertiary/aromatic N) is 4. The highest BCUT2D eigenvalue weighted by atomic mass is 19.4. The summed E-state index contributed by atoms with van der Waals surface area (Å²) in [6, 6.07) is -1.09. The Morgan fingerprint density at radius 2 is 1.79 bits per heavy atom.